The summed E-state index contributed by atoms with van der Waals surface area (Å²) in [5, 5.41) is 0. The zero-order valence-corrected chi connectivity index (χ0v) is 39.5. The van der Waals surface area contributed by atoms with Gasteiger partial charge in [-0.15, -0.1) is 0 Å². The number of halogens is 4. The van der Waals surface area contributed by atoms with Gasteiger partial charge in [-0.25, -0.2) is 13.2 Å². The minimum Gasteiger partial charge on any atom is -0.497 e. The average Bonchev–Trinajstić information content (AvgIpc) is 3.73. The Morgan fingerprint density at radius 2 is 1.11 bits per heavy atom. The fourth-order valence-corrected chi connectivity index (χ4v) is 14.1. The number of hydrogen-bond donors (Lipinski definition) is 0. The standard InChI is InChI=1S/C58H51F4NOS/c1-34-29-36(3)46(37(4)30-34)23-25-48-41(8)57-54(53-55(60)40(7)33-50(59)56(53)61)58-42(9)49(26-24-47-38(5)31-35(2)32-39(47)6)52(28-20-44-17-21-45(64-10)22-18-44)65(58,11,62)63(57)51(48)27-19-43-15-13-12-14-16-43/h12-22,27-33H,1-11H3/b27-19+,28-20+. The van der Waals surface area contributed by atoms with Crippen molar-refractivity contribution in [3.05, 3.63) is 214 Å². The maximum absolute atomic E-state index is 20.8. The summed E-state index contributed by atoms with van der Waals surface area (Å²) in [6, 6.07) is 26.1. The number of benzene rings is 5. The lowest BCUT2D eigenvalue weighted by atomic mass is 9.92. The summed E-state index contributed by atoms with van der Waals surface area (Å²) in [4.78, 5) is 0.331. The van der Waals surface area contributed by atoms with Gasteiger partial charge in [0.2, 0.25) is 0 Å². The summed E-state index contributed by atoms with van der Waals surface area (Å²) in [6.07, 6.45) is 8.85. The van der Waals surface area contributed by atoms with Crippen molar-refractivity contribution in [1.29, 1.82) is 0 Å². The highest BCUT2D eigenvalue weighted by atomic mass is 32.3. The minimum atomic E-state index is -5.04. The van der Waals surface area contributed by atoms with Crippen LogP contribution >= 0.6 is 9.32 Å². The number of aromatic nitrogens is 1. The van der Waals surface area contributed by atoms with E-state index in [1.54, 1.807) is 37.3 Å². The molecule has 0 saturated carbocycles. The minimum absolute atomic E-state index is 0.0513. The van der Waals surface area contributed by atoms with Crippen LogP contribution in [0.25, 0.3) is 23.8 Å². The predicted octanol–water partition coefficient (Wildman–Crippen LogP) is 14.6. The van der Waals surface area contributed by atoms with Crippen LogP contribution in [-0.2, 0) is 0 Å². The molecule has 0 radical (unpaired) electrons. The van der Waals surface area contributed by atoms with Crippen molar-refractivity contribution in [2.75, 3.05) is 13.4 Å². The van der Waals surface area contributed by atoms with Crippen LogP contribution in [-0.4, -0.2) is 22.2 Å². The van der Waals surface area contributed by atoms with Crippen LogP contribution in [0.3, 0.4) is 0 Å². The Bertz CT molecular complexity index is 3290. The Labute approximate surface area is 381 Å². The molecule has 0 spiro atoms. The first-order valence-corrected chi connectivity index (χ1v) is 23.8. The number of aryl methyl sites for hydroxylation is 7. The van der Waals surface area contributed by atoms with Crippen LogP contribution in [0.4, 0.5) is 17.1 Å². The molecule has 5 aromatic carbocycles. The molecular weight excluding hydrogens is 835 g/mol. The first kappa shape index (κ1) is 44.8. The van der Waals surface area contributed by atoms with Crippen LogP contribution < -0.4 is 4.74 Å². The van der Waals surface area contributed by atoms with Crippen LogP contribution in [0.2, 0.25) is 0 Å². The summed E-state index contributed by atoms with van der Waals surface area (Å²) in [5.74, 6) is 10.7. The number of methoxy groups -OCH3 is 1. The van der Waals surface area contributed by atoms with Crippen molar-refractivity contribution in [2.24, 2.45) is 0 Å². The first-order chi connectivity index (χ1) is 30.8. The molecule has 6 aromatic rings. The molecule has 8 rings (SSSR count). The second-order valence-corrected chi connectivity index (χ2v) is 21.1. The van der Waals surface area contributed by atoms with E-state index in [4.69, 9.17) is 4.74 Å². The Hall–Kier alpha value is -6.80. The number of ether oxygens (including phenoxy) is 1. The molecular formula is C58H51F4NOS. The van der Waals surface area contributed by atoms with Gasteiger partial charge in [-0.05, 0) is 152 Å². The fourth-order valence-electron chi connectivity index (χ4n) is 9.67. The van der Waals surface area contributed by atoms with Gasteiger partial charge in [0, 0.05) is 38.3 Å². The number of allylic oxidation sites excluding steroid dienone is 3. The molecule has 328 valence electrons. The lowest BCUT2D eigenvalue weighted by molar-refractivity contribution is 0.415. The van der Waals surface area contributed by atoms with Gasteiger partial charge < -0.3 is 4.74 Å². The summed E-state index contributed by atoms with van der Waals surface area (Å²) in [5.41, 5.74) is 11.0. The third-order valence-corrected chi connectivity index (χ3v) is 16.7. The van der Waals surface area contributed by atoms with Gasteiger partial charge in [-0.1, -0.05) is 114 Å². The number of fused-ring (bicyclic) bond motifs is 3. The Balaban J connectivity index is 1.58. The molecule has 65 heavy (non-hydrogen) atoms. The maximum Gasteiger partial charge on any atom is 0.169 e. The average molecular weight is 886 g/mol. The van der Waals surface area contributed by atoms with E-state index in [1.807, 2.05) is 114 Å². The Kier molecular flexibility index (Phi) is 11.5. The second-order valence-electron chi connectivity index (χ2n) is 17.4. The SMILES string of the molecule is COc1ccc(/C=C/C2=S3(C)(F)C(=C(c4c(F)c(C)cc(F)c4F)c4c(C)c(C#Cc5c(C)cc(C)cc5C)c(/C=C/c5ccccc5)n43)C(C)=C2C#Cc2c(C)cc(C)cc2C)cc1. The predicted molar refractivity (Wildman–Crippen MR) is 266 cm³/mol. The fraction of sp³-hybridized carbons (Fsp3) is 0.190. The number of rotatable bonds is 6. The summed E-state index contributed by atoms with van der Waals surface area (Å²) >= 11 is 0. The normalized spacial score (nSPS) is 15.4. The molecule has 7 heteroatoms. The Morgan fingerprint density at radius 3 is 1.68 bits per heavy atom. The molecule has 0 fully saturated rings. The molecule has 0 bridgehead atoms. The van der Waals surface area contributed by atoms with Crippen molar-refractivity contribution in [3.63, 3.8) is 0 Å². The van der Waals surface area contributed by atoms with Gasteiger partial charge in [0.1, 0.15) is 11.6 Å². The highest BCUT2D eigenvalue weighted by Crippen LogP contribution is 2.79. The zero-order valence-electron chi connectivity index (χ0n) is 38.7. The molecule has 0 amide bonds. The van der Waals surface area contributed by atoms with E-state index >= 15 is 17.1 Å². The van der Waals surface area contributed by atoms with E-state index in [1.165, 1.54) is 6.92 Å². The number of nitrogens with zero attached hydrogens (tertiary/aromatic N) is 1. The van der Waals surface area contributed by atoms with E-state index in [0.29, 0.717) is 33.7 Å². The summed E-state index contributed by atoms with van der Waals surface area (Å²) < 4.78 is 77.3. The van der Waals surface area contributed by atoms with Gasteiger partial charge >= 0.3 is 0 Å². The molecule has 2 nitrogen and oxygen atoms in total. The maximum atomic E-state index is 20.8. The lowest BCUT2D eigenvalue weighted by Gasteiger charge is -2.39. The van der Waals surface area contributed by atoms with Crippen molar-refractivity contribution in [3.8, 4) is 29.4 Å². The topological polar surface area (TPSA) is 14.2 Å². The zero-order chi connectivity index (χ0) is 46.7. The Morgan fingerprint density at radius 1 is 0.585 bits per heavy atom. The largest absolute Gasteiger partial charge is 0.497 e. The van der Waals surface area contributed by atoms with Crippen molar-refractivity contribution in [2.45, 2.75) is 62.3 Å². The van der Waals surface area contributed by atoms with Crippen molar-refractivity contribution >= 4 is 38.0 Å². The molecule has 2 aliphatic rings. The molecule has 0 N–H and O–H groups in total. The van der Waals surface area contributed by atoms with Crippen LogP contribution in [0.15, 0.2) is 107 Å². The molecule has 0 atom stereocenters. The third-order valence-electron chi connectivity index (χ3n) is 12.6. The van der Waals surface area contributed by atoms with E-state index in [0.717, 1.165) is 61.7 Å². The highest BCUT2D eigenvalue weighted by molar-refractivity contribution is 8.46. The monoisotopic (exact) mass is 885 g/mol. The lowest BCUT2D eigenvalue weighted by Crippen LogP contribution is -2.17. The van der Waals surface area contributed by atoms with Gasteiger partial charge in [0.25, 0.3) is 0 Å². The van der Waals surface area contributed by atoms with Gasteiger partial charge in [-0.2, -0.15) is 3.89 Å². The number of hydrogen-bond acceptors (Lipinski definition) is 1. The van der Waals surface area contributed by atoms with E-state index in [2.05, 4.69) is 47.9 Å². The van der Waals surface area contributed by atoms with Gasteiger partial charge in [0.05, 0.1) is 29.6 Å². The third kappa shape index (κ3) is 7.43. The smallest absolute Gasteiger partial charge is 0.169 e. The van der Waals surface area contributed by atoms with E-state index < -0.39 is 32.3 Å². The summed E-state index contributed by atoms with van der Waals surface area (Å²) in [7, 11) is -3.45. The summed E-state index contributed by atoms with van der Waals surface area (Å²) in [6.45, 7) is 17.0. The van der Waals surface area contributed by atoms with Crippen molar-refractivity contribution in [1.82, 2.24) is 3.97 Å². The van der Waals surface area contributed by atoms with E-state index in [9.17, 15) is 0 Å². The van der Waals surface area contributed by atoms with Crippen LogP contribution in [0.1, 0.15) is 96.2 Å². The van der Waals surface area contributed by atoms with Gasteiger partial charge in [0.15, 0.2) is 11.6 Å². The molecule has 3 heterocycles. The molecule has 0 aliphatic carbocycles. The van der Waals surface area contributed by atoms with E-state index in [-0.39, 0.29) is 26.6 Å². The molecule has 0 unspecified atom stereocenters. The molecule has 0 saturated heterocycles. The van der Waals surface area contributed by atoms with Crippen molar-refractivity contribution < 1.29 is 21.8 Å². The second kappa shape index (κ2) is 16.6. The molecule has 2 aliphatic heterocycles. The van der Waals surface area contributed by atoms with Crippen LogP contribution in [0, 0.1) is 96.5 Å². The first-order valence-electron chi connectivity index (χ1n) is 21.5. The van der Waals surface area contributed by atoms with Crippen LogP contribution in [0.5, 0.6) is 5.75 Å². The molecule has 1 aromatic heterocycles. The quantitative estimate of drug-likeness (QED) is 0.0534. The highest BCUT2D eigenvalue weighted by Gasteiger charge is 2.55. The van der Waals surface area contributed by atoms with Gasteiger partial charge in [-0.3, -0.25) is 3.97 Å².